The Bertz CT molecular complexity index is 1380. The summed E-state index contributed by atoms with van der Waals surface area (Å²) in [6.45, 7) is 5.05. The molecule has 208 valence electrons. The van der Waals surface area contributed by atoms with Crippen molar-refractivity contribution in [3.63, 3.8) is 0 Å². The van der Waals surface area contributed by atoms with Crippen molar-refractivity contribution in [3.8, 4) is 0 Å². The maximum Gasteiger partial charge on any atom is 0.312 e. The van der Waals surface area contributed by atoms with E-state index in [4.69, 9.17) is 4.74 Å². The normalized spacial score (nSPS) is 30.3. The number of nitrogens with zero attached hydrogens (tertiary/aromatic N) is 1. The van der Waals surface area contributed by atoms with Gasteiger partial charge in [0.1, 0.15) is 0 Å². The van der Waals surface area contributed by atoms with Crippen molar-refractivity contribution in [2.45, 2.75) is 81.9 Å². The van der Waals surface area contributed by atoms with E-state index in [1.807, 2.05) is 0 Å². The van der Waals surface area contributed by atoms with E-state index in [-0.39, 0.29) is 28.7 Å². The lowest BCUT2D eigenvalue weighted by atomic mass is 9.43. The molecule has 0 amide bonds. The van der Waals surface area contributed by atoms with Crippen LogP contribution in [0, 0.1) is 31.1 Å². The summed E-state index contributed by atoms with van der Waals surface area (Å²) in [4.78, 5) is 26.8. The summed E-state index contributed by atoms with van der Waals surface area (Å²) in [5.41, 5.74) is 3.79. The van der Waals surface area contributed by atoms with E-state index in [9.17, 15) is 18.0 Å². The molecule has 7 heteroatoms. The third-order valence-corrected chi connectivity index (χ3v) is 12.0. The Hall–Kier alpha value is -2.51. The molecule has 0 spiro atoms. The quantitative estimate of drug-likeness (QED) is 0.325. The van der Waals surface area contributed by atoms with Crippen molar-refractivity contribution in [2.24, 2.45) is 17.3 Å². The Morgan fingerprint density at radius 2 is 1.56 bits per heavy atom. The molecule has 2 unspecified atom stereocenters. The molecule has 6 nitrogen and oxygen atoms in total. The van der Waals surface area contributed by atoms with Crippen LogP contribution in [0.25, 0.3) is 0 Å². The maximum atomic E-state index is 13.6. The number of Topliss-reactive ketones (excluding diaryl/α,β-unsaturated/α-hetero) is 1. The zero-order valence-corrected chi connectivity index (χ0v) is 23.9. The molecule has 4 bridgehead atoms. The molecule has 39 heavy (non-hydrogen) atoms. The van der Waals surface area contributed by atoms with Gasteiger partial charge in [-0.3, -0.25) is 9.59 Å². The summed E-state index contributed by atoms with van der Waals surface area (Å²) in [7, 11) is -3.55. The summed E-state index contributed by atoms with van der Waals surface area (Å²) in [5, 5.41) is 0. The van der Waals surface area contributed by atoms with Crippen LogP contribution in [0.5, 0.6) is 0 Å². The second-order valence-electron chi connectivity index (χ2n) is 12.8. The predicted octanol–water partition coefficient (Wildman–Crippen LogP) is 5.74. The Kier molecular flexibility index (Phi) is 6.74. The first-order valence-corrected chi connectivity index (χ1v) is 15.9. The molecule has 2 aromatic rings. The number of aryl methyl sites for hydroxylation is 2. The molecule has 2 atom stereocenters. The Morgan fingerprint density at radius 3 is 2.21 bits per heavy atom. The molecule has 0 radical (unpaired) electrons. The average Bonchev–Trinajstić information content (AvgIpc) is 2.92. The van der Waals surface area contributed by atoms with Crippen LogP contribution in [-0.4, -0.2) is 44.2 Å². The lowest BCUT2D eigenvalue weighted by Gasteiger charge is -2.61. The monoisotopic (exact) mass is 549 g/mol. The van der Waals surface area contributed by atoms with E-state index in [2.05, 4.69) is 32.0 Å². The topological polar surface area (TPSA) is 80.8 Å². The van der Waals surface area contributed by atoms with Gasteiger partial charge in [0, 0.05) is 18.7 Å². The van der Waals surface area contributed by atoms with E-state index in [0.717, 1.165) is 51.4 Å². The van der Waals surface area contributed by atoms with Crippen LogP contribution in [0.2, 0.25) is 0 Å². The number of ketones is 1. The van der Waals surface area contributed by atoms with E-state index in [1.165, 1.54) is 51.7 Å². The first-order chi connectivity index (χ1) is 18.6. The van der Waals surface area contributed by atoms with Crippen molar-refractivity contribution in [3.05, 3.63) is 64.7 Å². The second kappa shape index (κ2) is 9.84. The number of hydrogen-bond acceptors (Lipinski definition) is 5. The minimum absolute atomic E-state index is 0.0151. The van der Waals surface area contributed by atoms with Gasteiger partial charge in [-0.15, -0.1) is 0 Å². The van der Waals surface area contributed by atoms with Gasteiger partial charge in [0.2, 0.25) is 10.0 Å². The number of rotatable bonds is 7. The Balaban J connectivity index is 1.14. The van der Waals surface area contributed by atoms with Crippen LogP contribution in [0.15, 0.2) is 47.4 Å². The molecule has 2 aromatic carbocycles. The zero-order chi connectivity index (χ0) is 27.4. The molecule has 7 rings (SSSR count). The van der Waals surface area contributed by atoms with Crippen molar-refractivity contribution >= 4 is 21.8 Å². The number of carbonyl (C=O) groups excluding carboxylic acids is 2. The molecule has 1 saturated heterocycles. The van der Waals surface area contributed by atoms with Gasteiger partial charge in [0.15, 0.2) is 12.4 Å². The fraction of sp³-hybridized carbons (Fsp3) is 0.562. The van der Waals surface area contributed by atoms with Gasteiger partial charge in [-0.1, -0.05) is 24.6 Å². The smallest absolute Gasteiger partial charge is 0.312 e. The van der Waals surface area contributed by atoms with Gasteiger partial charge < -0.3 is 4.74 Å². The van der Waals surface area contributed by atoms with E-state index in [1.54, 1.807) is 0 Å². The van der Waals surface area contributed by atoms with Gasteiger partial charge in [-0.2, -0.15) is 4.31 Å². The first kappa shape index (κ1) is 26.7. The largest absolute Gasteiger partial charge is 0.457 e. The lowest BCUT2D eigenvalue weighted by molar-refractivity contribution is -0.172. The van der Waals surface area contributed by atoms with Gasteiger partial charge in [0.25, 0.3) is 0 Å². The summed E-state index contributed by atoms with van der Waals surface area (Å²) in [6, 6.07) is 12.8. The molecule has 0 aromatic heterocycles. The number of esters is 1. The second-order valence-corrected chi connectivity index (χ2v) is 14.7. The third kappa shape index (κ3) is 4.76. The molecule has 5 fully saturated rings. The van der Waals surface area contributed by atoms with Crippen molar-refractivity contribution < 1.29 is 22.7 Å². The summed E-state index contributed by atoms with van der Waals surface area (Å²) in [6.07, 6.45) is 8.75. The van der Waals surface area contributed by atoms with Crippen molar-refractivity contribution in [1.29, 1.82) is 0 Å². The minimum atomic E-state index is -3.55. The van der Waals surface area contributed by atoms with Crippen LogP contribution < -0.4 is 0 Å². The Morgan fingerprint density at radius 1 is 0.897 bits per heavy atom. The minimum Gasteiger partial charge on any atom is -0.457 e. The standard InChI is InChI=1S/C32H39NO5S/c1-22-6-9-27(14-23(22)2)31-16-24-15-25(17-31)19-32(18-24,21-31)30(35)38-20-29(34)26-7-10-28(11-8-26)39(36,37)33-12-4-3-5-13-33/h6-11,14,24-25H,3-5,12-13,15-21H2,1-2H3. The molecular formula is C32H39NO5S. The SMILES string of the molecule is Cc1ccc(C23CC4CC(CC(C(=O)OCC(=O)c5ccc(S(=O)(=O)N6CCCCC6)cc5)(C4)C2)C3)cc1C. The summed E-state index contributed by atoms with van der Waals surface area (Å²) < 4.78 is 33.1. The summed E-state index contributed by atoms with van der Waals surface area (Å²) in [5.74, 6) is 0.498. The lowest BCUT2D eigenvalue weighted by Crippen LogP contribution is -2.57. The fourth-order valence-corrected chi connectivity index (χ4v) is 9.86. The Labute approximate surface area is 232 Å². The molecule has 4 aliphatic carbocycles. The molecule has 0 N–H and O–H groups in total. The molecular weight excluding hydrogens is 510 g/mol. The van der Waals surface area contributed by atoms with Crippen LogP contribution in [-0.2, 0) is 25.0 Å². The highest BCUT2D eigenvalue weighted by Gasteiger charge is 2.61. The third-order valence-electron chi connectivity index (χ3n) is 10.1. The number of benzene rings is 2. The molecule has 1 aliphatic heterocycles. The van der Waals surface area contributed by atoms with Crippen molar-refractivity contribution in [2.75, 3.05) is 19.7 Å². The van der Waals surface area contributed by atoms with Crippen molar-refractivity contribution in [1.82, 2.24) is 4.31 Å². The predicted molar refractivity (Wildman–Crippen MR) is 149 cm³/mol. The molecule has 5 aliphatic rings. The van der Waals surface area contributed by atoms with Gasteiger partial charge in [-0.05, 0) is 123 Å². The van der Waals surface area contributed by atoms with E-state index in [0.29, 0.717) is 30.5 Å². The number of sulfonamides is 1. The number of carbonyl (C=O) groups is 2. The van der Waals surface area contributed by atoms with E-state index >= 15 is 0 Å². The number of ether oxygens (including phenoxy) is 1. The highest BCUT2D eigenvalue weighted by Crippen LogP contribution is 2.66. The van der Waals surface area contributed by atoms with Crippen LogP contribution in [0.3, 0.4) is 0 Å². The van der Waals surface area contributed by atoms with Gasteiger partial charge in [-0.25, -0.2) is 8.42 Å². The fourth-order valence-electron chi connectivity index (χ4n) is 8.35. The van der Waals surface area contributed by atoms with Crippen LogP contribution in [0.4, 0.5) is 0 Å². The highest BCUT2D eigenvalue weighted by atomic mass is 32.2. The molecule has 4 saturated carbocycles. The number of hydrogen-bond donors (Lipinski definition) is 0. The average molecular weight is 550 g/mol. The number of piperidine rings is 1. The van der Waals surface area contributed by atoms with Crippen LogP contribution in [0.1, 0.15) is 84.8 Å². The maximum absolute atomic E-state index is 13.6. The van der Waals surface area contributed by atoms with E-state index < -0.39 is 15.4 Å². The summed E-state index contributed by atoms with van der Waals surface area (Å²) >= 11 is 0. The van der Waals surface area contributed by atoms with Crippen LogP contribution >= 0.6 is 0 Å². The highest BCUT2D eigenvalue weighted by molar-refractivity contribution is 7.89. The first-order valence-electron chi connectivity index (χ1n) is 14.5. The molecule has 1 heterocycles. The van der Waals surface area contributed by atoms with Gasteiger partial charge >= 0.3 is 5.97 Å². The zero-order valence-electron chi connectivity index (χ0n) is 23.1. The van der Waals surface area contributed by atoms with Gasteiger partial charge in [0.05, 0.1) is 10.3 Å².